The normalized spacial score (nSPS) is 11.8. The molecule has 1 aromatic heterocycles. The molecule has 2 aromatic rings. The van der Waals surface area contributed by atoms with E-state index in [-0.39, 0.29) is 11.3 Å². The van der Waals surface area contributed by atoms with Crippen LogP contribution in [0, 0.1) is 0 Å². The number of hydrogen-bond acceptors (Lipinski definition) is 3. The highest BCUT2D eigenvalue weighted by Crippen LogP contribution is 2.25. The van der Waals surface area contributed by atoms with E-state index in [1.807, 2.05) is 38.1 Å². The fourth-order valence-corrected chi connectivity index (χ4v) is 2.33. The number of aryl methyl sites for hydroxylation is 1. The molecule has 0 saturated heterocycles. The quantitative estimate of drug-likeness (QED) is 0.859. The van der Waals surface area contributed by atoms with Crippen molar-refractivity contribution >= 4 is 16.8 Å². The lowest BCUT2D eigenvalue weighted by atomic mass is 9.83. The van der Waals surface area contributed by atoms with Crippen LogP contribution in [0.4, 0.5) is 0 Å². The fraction of sp³-hybridized carbons (Fsp3) is 0.438. The van der Waals surface area contributed by atoms with Crippen molar-refractivity contribution in [2.24, 2.45) is 7.05 Å². The molecule has 2 rings (SSSR count). The van der Waals surface area contributed by atoms with E-state index < -0.39 is 5.41 Å². The zero-order valence-corrected chi connectivity index (χ0v) is 12.4. The summed E-state index contributed by atoms with van der Waals surface area (Å²) in [5.74, 6) is 0.135. The maximum atomic E-state index is 12.5. The third-order valence-corrected chi connectivity index (χ3v) is 3.73. The second kappa shape index (κ2) is 5.19. The molecule has 0 atom stereocenters. The second-order valence-corrected chi connectivity index (χ2v) is 5.90. The molecule has 20 heavy (non-hydrogen) atoms. The topological polar surface area (TPSA) is 52.0 Å². The van der Waals surface area contributed by atoms with Crippen LogP contribution in [-0.2, 0) is 17.3 Å². The van der Waals surface area contributed by atoms with Gasteiger partial charge in [0.1, 0.15) is 11.5 Å². The second-order valence-electron chi connectivity index (χ2n) is 5.90. The van der Waals surface area contributed by atoms with E-state index in [1.54, 1.807) is 18.5 Å². The molecular formula is C16H20N2O2. The summed E-state index contributed by atoms with van der Waals surface area (Å²) in [7, 11) is 1.76. The van der Waals surface area contributed by atoms with Crippen molar-refractivity contribution in [3.05, 3.63) is 40.3 Å². The smallest absolute Gasteiger partial charge is 0.273 e. The third kappa shape index (κ3) is 2.64. The van der Waals surface area contributed by atoms with Gasteiger partial charge in [-0.1, -0.05) is 26.0 Å². The SMILES string of the molecule is CC(=O)CCC(C)(C)c1nc2ccccc2n(C)c1=O. The first-order valence-corrected chi connectivity index (χ1v) is 6.78. The molecule has 0 radical (unpaired) electrons. The molecule has 0 amide bonds. The summed E-state index contributed by atoms with van der Waals surface area (Å²) in [6, 6.07) is 7.59. The largest absolute Gasteiger partial charge is 0.308 e. The van der Waals surface area contributed by atoms with E-state index >= 15 is 0 Å². The van der Waals surface area contributed by atoms with Crippen LogP contribution in [0.25, 0.3) is 11.0 Å². The minimum absolute atomic E-state index is 0.0859. The summed E-state index contributed by atoms with van der Waals surface area (Å²) >= 11 is 0. The highest BCUT2D eigenvalue weighted by molar-refractivity contribution is 5.76. The molecule has 4 nitrogen and oxygen atoms in total. The van der Waals surface area contributed by atoms with Crippen molar-refractivity contribution < 1.29 is 4.79 Å². The van der Waals surface area contributed by atoms with Gasteiger partial charge in [0.05, 0.1) is 11.0 Å². The van der Waals surface area contributed by atoms with Crippen molar-refractivity contribution in [3.8, 4) is 0 Å². The molecule has 1 heterocycles. The number of hydrogen-bond donors (Lipinski definition) is 0. The minimum atomic E-state index is -0.412. The number of carbonyl (C=O) groups is 1. The van der Waals surface area contributed by atoms with Gasteiger partial charge in [0.25, 0.3) is 5.56 Å². The zero-order chi connectivity index (χ0) is 14.9. The number of carbonyl (C=O) groups excluding carboxylic acids is 1. The first-order valence-electron chi connectivity index (χ1n) is 6.78. The van der Waals surface area contributed by atoms with Gasteiger partial charge in [0.15, 0.2) is 0 Å². The van der Waals surface area contributed by atoms with Gasteiger partial charge in [-0.2, -0.15) is 0 Å². The van der Waals surface area contributed by atoms with Gasteiger partial charge in [0, 0.05) is 18.9 Å². The molecule has 106 valence electrons. The number of aromatic nitrogens is 2. The van der Waals surface area contributed by atoms with E-state index in [4.69, 9.17) is 0 Å². The summed E-state index contributed by atoms with van der Waals surface area (Å²) < 4.78 is 1.63. The molecule has 0 N–H and O–H groups in total. The monoisotopic (exact) mass is 272 g/mol. The van der Waals surface area contributed by atoms with Crippen LogP contribution < -0.4 is 5.56 Å². The molecule has 0 fully saturated rings. The Labute approximate surface area is 118 Å². The summed E-state index contributed by atoms with van der Waals surface area (Å²) in [6.45, 7) is 5.50. The number of nitrogens with zero attached hydrogens (tertiary/aromatic N) is 2. The van der Waals surface area contributed by atoms with Gasteiger partial charge in [0.2, 0.25) is 0 Å². The Hall–Kier alpha value is -1.97. The number of benzene rings is 1. The highest BCUT2D eigenvalue weighted by atomic mass is 16.1. The number of para-hydroxylation sites is 2. The van der Waals surface area contributed by atoms with E-state index in [2.05, 4.69) is 4.98 Å². The van der Waals surface area contributed by atoms with Crippen molar-refractivity contribution in [1.29, 1.82) is 0 Å². The molecule has 0 saturated carbocycles. The van der Waals surface area contributed by atoms with Crippen LogP contribution in [0.5, 0.6) is 0 Å². The van der Waals surface area contributed by atoms with Gasteiger partial charge in [-0.25, -0.2) is 4.98 Å². The lowest BCUT2D eigenvalue weighted by molar-refractivity contribution is -0.117. The maximum absolute atomic E-state index is 12.5. The molecule has 0 aliphatic rings. The molecule has 0 aliphatic heterocycles. The van der Waals surface area contributed by atoms with Gasteiger partial charge >= 0.3 is 0 Å². The molecule has 0 spiro atoms. The van der Waals surface area contributed by atoms with Crippen molar-refractivity contribution in [1.82, 2.24) is 9.55 Å². The van der Waals surface area contributed by atoms with E-state index in [0.29, 0.717) is 18.5 Å². The van der Waals surface area contributed by atoms with E-state index in [1.165, 1.54) is 0 Å². The van der Waals surface area contributed by atoms with Crippen LogP contribution in [-0.4, -0.2) is 15.3 Å². The molecule has 0 bridgehead atoms. The first kappa shape index (κ1) is 14.4. The Morgan fingerprint density at radius 2 is 1.95 bits per heavy atom. The molecule has 1 aromatic carbocycles. The van der Waals surface area contributed by atoms with Crippen LogP contribution in [0.3, 0.4) is 0 Å². The Morgan fingerprint density at radius 1 is 1.30 bits per heavy atom. The average molecular weight is 272 g/mol. The summed E-state index contributed by atoms with van der Waals surface area (Å²) in [5, 5.41) is 0. The number of Topliss-reactive ketones (excluding diaryl/α,β-unsaturated/α-hetero) is 1. The van der Waals surface area contributed by atoms with Crippen LogP contribution in [0.2, 0.25) is 0 Å². The summed E-state index contributed by atoms with van der Waals surface area (Å²) in [6.07, 6.45) is 1.09. The number of fused-ring (bicyclic) bond motifs is 1. The number of rotatable bonds is 4. The molecule has 0 unspecified atom stereocenters. The van der Waals surface area contributed by atoms with Crippen LogP contribution in [0.1, 0.15) is 39.3 Å². The van der Waals surface area contributed by atoms with E-state index in [0.717, 1.165) is 11.0 Å². The van der Waals surface area contributed by atoms with Crippen LogP contribution >= 0.6 is 0 Å². The Kier molecular flexibility index (Phi) is 3.75. The minimum Gasteiger partial charge on any atom is -0.308 e. The third-order valence-electron chi connectivity index (χ3n) is 3.73. The molecule has 4 heteroatoms. The number of ketones is 1. The maximum Gasteiger partial charge on any atom is 0.273 e. The Morgan fingerprint density at radius 3 is 2.60 bits per heavy atom. The fourth-order valence-electron chi connectivity index (χ4n) is 2.33. The van der Waals surface area contributed by atoms with Crippen molar-refractivity contribution in [2.75, 3.05) is 0 Å². The predicted octanol–water partition coefficient (Wildman–Crippen LogP) is 2.58. The molecule has 0 aliphatic carbocycles. The average Bonchev–Trinajstić information content (AvgIpc) is 2.40. The summed E-state index contributed by atoms with van der Waals surface area (Å²) in [5.41, 5.74) is 1.66. The van der Waals surface area contributed by atoms with Gasteiger partial charge in [-0.3, -0.25) is 4.79 Å². The lowest BCUT2D eigenvalue weighted by Crippen LogP contribution is -2.33. The summed E-state index contributed by atoms with van der Waals surface area (Å²) in [4.78, 5) is 28.2. The Balaban J connectivity index is 2.57. The van der Waals surface area contributed by atoms with Gasteiger partial charge < -0.3 is 9.36 Å². The van der Waals surface area contributed by atoms with Crippen LogP contribution in [0.15, 0.2) is 29.1 Å². The molecular weight excluding hydrogens is 252 g/mol. The van der Waals surface area contributed by atoms with Gasteiger partial charge in [-0.15, -0.1) is 0 Å². The zero-order valence-electron chi connectivity index (χ0n) is 12.4. The van der Waals surface area contributed by atoms with Crippen molar-refractivity contribution in [2.45, 2.75) is 39.0 Å². The standard InChI is InChI=1S/C16H20N2O2/c1-11(19)9-10-16(2,3)14-15(20)18(4)13-8-6-5-7-12(13)17-14/h5-8H,9-10H2,1-4H3. The predicted molar refractivity (Wildman–Crippen MR) is 79.9 cm³/mol. The van der Waals surface area contributed by atoms with E-state index in [9.17, 15) is 9.59 Å². The first-order chi connectivity index (χ1) is 9.33. The lowest BCUT2D eigenvalue weighted by Gasteiger charge is -2.23. The highest BCUT2D eigenvalue weighted by Gasteiger charge is 2.27. The van der Waals surface area contributed by atoms with Crippen molar-refractivity contribution in [3.63, 3.8) is 0 Å². The Bertz CT molecular complexity index is 714. The van der Waals surface area contributed by atoms with Gasteiger partial charge in [-0.05, 0) is 25.5 Å².